The number of ether oxygens (including phenoxy) is 1. The molecular formula is C14H25N3O2. The van der Waals surface area contributed by atoms with Crippen molar-refractivity contribution in [3.63, 3.8) is 0 Å². The Morgan fingerprint density at radius 2 is 2.26 bits per heavy atom. The number of hydrogen-bond acceptors (Lipinski definition) is 5. The fourth-order valence-corrected chi connectivity index (χ4v) is 2.31. The Morgan fingerprint density at radius 1 is 1.42 bits per heavy atom. The van der Waals surface area contributed by atoms with Gasteiger partial charge in [0.25, 0.3) is 0 Å². The highest BCUT2D eigenvalue weighted by Crippen LogP contribution is 2.25. The third-order valence-corrected chi connectivity index (χ3v) is 3.84. The lowest BCUT2D eigenvalue weighted by Crippen LogP contribution is -2.31. The van der Waals surface area contributed by atoms with Crippen molar-refractivity contribution in [2.45, 2.75) is 57.9 Å². The Kier molecular flexibility index (Phi) is 5.34. The molecule has 0 amide bonds. The first-order chi connectivity index (χ1) is 9.22. The first kappa shape index (κ1) is 14.5. The Morgan fingerprint density at radius 3 is 2.95 bits per heavy atom. The molecule has 1 N–H and O–H groups in total. The largest absolute Gasteiger partial charge is 0.381 e. The minimum absolute atomic E-state index is 0.234. The van der Waals surface area contributed by atoms with Crippen LogP contribution < -0.4 is 5.32 Å². The van der Waals surface area contributed by atoms with E-state index in [1.54, 1.807) is 0 Å². The molecule has 0 aliphatic carbocycles. The predicted octanol–water partition coefficient (Wildman–Crippen LogP) is 2.46. The van der Waals surface area contributed by atoms with Gasteiger partial charge in [-0.2, -0.15) is 4.98 Å². The van der Waals surface area contributed by atoms with Gasteiger partial charge in [0.15, 0.2) is 5.82 Å². The smallest absolute Gasteiger partial charge is 0.231 e. The number of nitrogens with one attached hydrogen (secondary N) is 1. The minimum atomic E-state index is 0.234. The highest BCUT2D eigenvalue weighted by Gasteiger charge is 2.25. The molecule has 108 valence electrons. The van der Waals surface area contributed by atoms with E-state index in [2.05, 4.69) is 36.2 Å². The van der Waals surface area contributed by atoms with Gasteiger partial charge in [-0.15, -0.1) is 0 Å². The Hall–Kier alpha value is -0.940. The Labute approximate surface area is 115 Å². The van der Waals surface area contributed by atoms with E-state index in [1.807, 2.05) is 0 Å². The lowest BCUT2D eigenvalue weighted by atomic mass is 10.0. The lowest BCUT2D eigenvalue weighted by Gasteiger charge is -2.19. The average Bonchev–Trinajstić information content (AvgIpc) is 2.94. The second-order valence-electron chi connectivity index (χ2n) is 5.44. The maximum Gasteiger partial charge on any atom is 0.231 e. The van der Waals surface area contributed by atoms with Gasteiger partial charge in [0.05, 0.1) is 12.5 Å². The first-order valence-corrected chi connectivity index (χ1v) is 7.37. The molecule has 1 aliphatic heterocycles. The van der Waals surface area contributed by atoms with Crippen LogP contribution in [-0.4, -0.2) is 35.9 Å². The molecule has 0 bridgehead atoms. The normalized spacial score (nSPS) is 23.2. The van der Waals surface area contributed by atoms with E-state index < -0.39 is 0 Å². The topological polar surface area (TPSA) is 60.2 Å². The van der Waals surface area contributed by atoms with Crippen LogP contribution in [0.15, 0.2) is 4.52 Å². The van der Waals surface area contributed by atoms with Crippen molar-refractivity contribution in [3.8, 4) is 0 Å². The molecule has 2 rings (SSSR count). The van der Waals surface area contributed by atoms with Crippen LogP contribution in [0, 0.1) is 0 Å². The summed E-state index contributed by atoms with van der Waals surface area (Å²) < 4.78 is 10.9. The summed E-state index contributed by atoms with van der Waals surface area (Å²) in [6.07, 6.45) is 3.31. The van der Waals surface area contributed by atoms with Gasteiger partial charge in [0, 0.05) is 18.6 Å². The first-order valence-electron chi connectivity index (χ1n) is 7.37. The van der Waals surface area contributed by atoms with Crippen LogP contribution in [0.3, 0.4) is 0 Å². The monoisotopic (exact) mass is 267 g/mol. The van der Waals surface area contributed by atoms with Crippen molar-refractivity contribution in [1.29, 1.82) is 0 Å². The maximum absolute atomic E-state index is 5.47. The number of rotatable bonds is 6. The van der Waals surface area contributed by atoms with Gasteiger partial charge in [0.2, 0.25) is 5.89 Å². The fraction of sp³-hybridized carbons (Fsp3) is 0.857. The maximum atomic E-state index is 5.47. The molecule has 0 saturated carbocycles. The third kappa shape index (κ3) is 3.76. The minimum Gasteiger partial charge on any atom is -0.381 e. The van der Waals surface area contributed by atoms with E-state index in [1.165, 1.54) is 0 Å². The van der Waals surface area contributed by atoms with Crippen LogP contribution in [0.4, 0.5) is 0 Å². The second kappa shape index (κ2) is 7.01. The van der Waals surface area contributed by atoms with Crippen molar-refractivity contribution in [1.82, 2.24) is 15.5 Å². The highest BCUT2D eigenvalue weighted by molar-refractivity contribution is 5.01. The summed E-state index contributed by atoms with van der Waals surface area (Å²) in [5, 5.41) is 7.60. The molecule has 5 nitrogen and oxygen atoms in total. The standard InChI is InChI=1S/C14H25N3O2/c1-4-7-15-11(3)10(2)14-16-13(17-19-14)12-6-5-8-18-9-12/h10-12,15H,4-9H2,1-3H3. The summed E-state index contributed by atoms with van der Waals surface area (Å²) in [7, 11) is 0. The average molecular weight is 267 g/mol. The quantitative estimate of drug-likeness (QED) is 0.858. The SMILES string of the molecule is CCCNC(C)C(C)c1nc(C2CCCOC2)no1. The molecule has 2 heterocycles. The lowest BCUT2D eigenvalue weighted by molar-refractivity contribution is 0.0773. The number of nitrogens with zero attached hydrogens (tertiary/aromatic N) is 2. The second-order valence-corrected chi connectivity index (χ2v) is 5.44. The zero-order valence-electron chi connectivity index (χ0n) is 12.2. The summed E-state index contributed by atoms with van der Waals surface area (Å²) in [5.74, 6) is 2.08. The summed E-state index contributed by atoms with van der Waals surface area (Å²) in [6.45, 7) is 9.05. The van der Waals surface area contributed by atoms with Crippen LogP contribution in [-0.2, 0) is 4.74 Å². The van der Waals surface area contributed by atoms with E-state index in [-0.39, 0.29) is 5.92 Å². The molecule has 1 fully saturated rings. The van der Waals surface area contributed by atoms with Crippen molar-refractivity contribution in [2.24, 2.45) is 0 Å². The van der Waals surface area contributed by atoms with E-state index in [0.29, 0.717) is 12.0 Å². The third-order valence-electron chi connectivity index (χ3n) is 3.84. The highest BCUT2D eigenvalue weighted by atomic mass is 16.5. The molecular weight excluding hydrogens is 242 g/mol. The summed E-state index contributed by atoms with van der Waals surface area (Å²) in [4.78, 5) is 4.57. The van der Waals surface area contributed by atoms with Gasteiger partial charge in [-0.25, -0.2) is 0 Å². The molecule has 0 spiro atoms. The van der Waals surface area contributed by atoms with Gasteiger partial charge in [-0.1, -0.05) is 19.0 Å². The molecule has 3 atom stereocenters. The Balaban J connectivity index is 1.95. The van der Waals surface area contributed by atoms with Crippen LogP contribution in [0.2, 0.25) is 0 Å². The zero-order chi connectivity index (χ0) is 13.7. The summed E-state index contributed by atoms with van der Waals surface area (Å²) in [5.41, 5.74) is 0. The fourth-order valence-electron chi connectivity index (χ4n) is 2.31. The summed E-state index contributed by atoms with van der Waals surface area (Å²) in [6, 6.07) is 0.343. The number of aromatic nitrogens is 2. The van der Waals surface area contributed by atoms with Crippen LogP contribution in [0.1, 0.15) is 63.6 Å². The molecule has 5 heteroatoms. The van der Waals surface area contributed by atoms with Crippen molar-refractivity contribution < 1.29 is 9.26 Å². The van der Waals surface area contributed by atoms with Crippen molar-refractivity contribution in [2.75, 3.05) is 19.8 Å². The van der Waals surface area contributed by atoms with Gasteiger partial charge >= 0.3 is 0 Å². The molecule has 1 saturated heterocycles. The van der Waals surface area contributed by atoms with Crippen molar-refractivity contribution in [3.05, 3.63) is 11.7 Å². The predicted molar refractivity (Wildman–Crippen MR) is 73.3 cm³/mol. The molecule has 1 aliphatic rings. The van der Waals surface area contributed by atoms with Crippen molar-refractivity contribution >= 4 is 0 Å². The van der Waals surface area contributed by atoms with Gasteiger partial charge in [-0.3, -0.25) is 0 Å². The molecule has 19 heavy (non-hydrogen) atoms. The van der Waals surface area contributed by atoms with E-state index in [4.69, 9.17) is 9.26 Å². The van der Waals surface area contributed by atoms with E-state index >= 15 is 0 Å². The number of hydrogen-bond donors (Lipinski definition) is 1. The molecule has 0 aromatic carbocycles. The van der Waals surface area contributed by atoms with Gasteiger partial charge in [-0.05, 0) is 32.7 Å². The zero-order valence-corrected chi connectivity index (χ0v) is 12.2. The molecule has 1 aromatic rings. The van der Waals surface area contributed by atoms with Gasteiger partial charge in [0.1, 0.15) is 0 Å². The van der Waals surface area contributed by atoms with Crippen LogP contribution >= 0.6 is 0 Å². The molecule has 3 unspecified atom stereocenters. The summed E-state index contributed by atoms with van der Waals surface area (Å²) >= 11 is 0. The van der Waals surface area contributed by atoms with Crippen LogP contribution in [0.5, 0.6) is 0 Å². The Bertz CT molecular complexity index is 375. The molecule has 0 radical (unpaired) electrons. The van der Waals surface area contributed by atoms with E-state index in [9.17, 15) is 0 Å². The van der Waals surface area contributed by atoms with Crippen LogP contribution in [0.25, 0.3) is 0 Å². The van der Waals surface area contributed by atoms with Gasteiger partial charge < -0.3 is 14.6 Å². The van der Waals surface area contributed by atoms with E-state index in [0.717, 1.165) is 50.7 Å². The molecule has 1 aromatic heterocycles.